The Bertz CT molecular complexity index is 1530. The van der Waals surface area contributed by atoms with Crippen LogP contribution in [0.2, 0.25) is 5.02 Å². The molecule has 1 spiro atoms. The fraction of sp³-hybridized carbons (Fsp3) is 0.562. The SMILES string of the molecule is COC(=O)c1ccc2c(c1)N(C[C@@H]1CC[C@H]1[C@H]1CC(CC[C@@H](C)S(N)(=O)=O)=NO1)C[C@@]1(CCCc3cc(Cl)ccc31)CO2. The van der Waals surface area contributed by atoms with Crippen molar-refractivity contribution in [1.29, 1.82) is 0 Å². The minimum absolute atomic E-state index is 0.0193. The zero-order valence-corrected chi connectivity index (χ0v) is 26.3. The summed E-state index contributed by atoms with van der Waals surface area (Å²) in [5, 5.41) is 9.77. The number of primary sulfonamides is 1. The molecule has 2 aromatic carbocycles. The van der Waals surface area contributed by atoms with E-state index < -0.39 is 15.3 Å². The van der Waals surface area contributed by atoms with Gasteiger partial charge in [0.2, 0.25) is 10.0 Å². The molecule has 1 fully saturated rings. The van der Waals surface area contributed by atoms with Gasteiger partial charge in [-0.2, -0.15) is 0 Å². The average molecular weight is 630 g/mol. The van der Waals surface area contributed by atoms with Gasteiger partial charge in [-0.3, -0.25) is 0 Å². The van der Waals surface area contributed by atoms with Gasteiger partial charge < -0.3 is 19.2 Å². The minimum atomic E-state index is -3.56. The maximum atomic E-state index is 12.5. The van der Waals surface area contributed by atoms with E-state index in [1.54, 1.807) is 13.0 Å². The van der Waals surface area contributed by atoms with Crippen molar-refractivity contribution in [3.8, 4) is 5.75 Å². The number of fused-ring (bicyclic) bond motifs is 3. The molecule has 0 bridgehead atoms. The van der Waals surface area contributed by atoms with E-state index >= 15 is 0 Å². The normalized spacial score (nSPS) is 27.1. The molecule has 2 N–H and O–H groups in total. The highest BCUT2D eigenvalue weighted by Gasteiger charge is 2.46. The summed E-state index contributed by atoms with van der Waals surface area (Å²) in [6.07, 6.45) is 6.87. The van der Waals surface area contributed by atoms with Gasteiger partial charge in [0.15, 0.2) is 0 Å². The lowest BCUT2D eigenvalue weighted by molar-refractivity contribution is -0.0213. The van der Waals surface area contributed by atoms with Gasteiger partial charge in [-0.05, 0) is 99.2 Å². The summed E-state index contributed by atoms with van der Waals surface area (Å²) < 4.78 is 34.9. The molecule has 2 aliphatic heterocycles. The molecule has 232 valence electrons. The zero-order chi connectivity index (χ0) is 30.4. The quantitative estimate of drug-likeness (QED) is 0.397. The largest absolute Gasteiger partial charge is 0.490 e. The number of esters is 1. The fourth-order valence-electron chi connectivity index (χ4n) is 7.31. The van der Waals surface area contributed by atoms with Crippen molar-refractivity contribution in [2.75, 3.05) is 31.7 Å². The van der Waals surface area contributed by atoms with Gasteiger partial charge in [0.25, 0.3) is 0 Å². The molecule has 0 unspecified atom stereocenters. The molecule has 0 radical (unpaired) electrons. The lowest BCUT2D eigenvalue weighted by Gasteiger charge is -2.45. The fourth-order valence-corrected chi connectivity index (χ4v) is 7.95. The number of benzene rings is 2. The Balaban J connectivity index is 1.23. The van der Waals surface area contributed by atoms with E-state index in [2.05, 4.69) is 22.2 Å². The van der Waals surface area contributed by atoms with E-state index in [0.717, 1.165) is 67.4 Å². The van der Waals surface area contributed by atoms with E-state index in [-0.39, 0.29) is 17.5 Å². The Labute approximate surface area is 258 Å². The van der Waals surface area contributed by atoms with Crippen molar-refractivity contribution in [1.82, 2.24) is 0 Å². The van der Waals surface area contributed by atoms with Crippen molar-refractivity contribution in [2.45, 2.75) is 75.1 Å². The van der Waals surface area contributed by atoms with Gasteiger partial charge in [0.05, 0.1) is 35.9 Å². The Morgan fingerprint density at radius 3 is 2.84 bits per heavy atom. The molecule has 6 rings (SSSR count). The minimum Gasteiger partial charge on any atom is -0.490 e. The molecule has 4 aliphatic rings. The summed E-state index contributed by atoms with van der Waals surface area (Å²) in [5.41, 5.74) is 4.68. The van der Waals surface area contributed by atoms with E-state index in [4.69, 9.17) is 31.1 Å². The highest BCUT2D eigenvalue weighted by molar-refractivity contribution is 7.89. The van der Waals surface area contributed by atoms with Gasteiger partial charge in [0.1, 0.15) is 11.9 Å². The summed E-state index contributed by atoms with van der Waals surface area (Å²) >= 11 is 6.40. The number of rotatable bonds is 8. The molecule has 1 saturated carbocycles. The molecule has 0 aromatic heterocycles. The number of hydrogen-bond donors (Lipinski definition) is 1. The lowest BCUT2D eigenvalue weighted by Crippen LogP contribution is -2.49. The number of nitrogens with zero attached hydrogens (tertiary/aromatic N) is 2. The van der Waals surface area contributed by atoms with Crippen LogP contribution in [0.5, 0.6) is 5.75 Å². The van der Waals surface area contributed by atoms with Crippen LogP contribution in [0.15, 0.2) is 41.6 Å². The monoisotopic (exact) mass is 629 g/mol. The predicted molar refractivity (Wildman–Crippen MR) is 166 cm³/mol. The highest BCUT2D eigenvalue weighted by atomic mass is 35.5. The van der Waals surface area contributed by atoms with Crippen LogP contribution in [0.3, 0.4) is 0 Å². The van der Waals surface area contributed by atoms with E-state index in [1.165, 1.54) is 18.2 Å². The van der Waals surface area contributed by atoms with Gasteiger partial charge >= 0.3 is 5.97 Å². The maximum Gasteiger partial charge on any atom is 0.337 e. The number of aryl methyl sites for hydroxylation is 1. The number of sulfonamides is 1. The summed E-state index contributed by atoms with van der Waals surface area (Å²) in [7, 11) is -2.16. The Kier molecular flexibility index (Phi) is 8.39. The van der Waals surface area contributed by atoms with Crippen molar-refractivity contribution in [2.24, 2.45) is 22.1 Å². The molecule has 2 aliphatic carbocycles. The Hall–Kier alpha value is -2.82. The standard InChI is InChI=1S/C32H40ClN3O6S/c1-20(43(34,38)39)5-9-25-16-30(42-35-25)26-10-6-23(26)17-36-18-32(13-3-4-21-14-24(33)8-11-27(21)32)19-41-29-12-7-22(15-28(29)36)31(37)40-2/h7-8,11-12,14-15,20,23,26,30H,3-6,9-10,13,16-19H2,1-2H3,(H2,34,38,39)/t20-,23+,26-,30-,32+/m1/s1. The zero-order valence-electron chi connectivity index (χ0n) is 24.8. The summed E-state index contributed by atoms with van der Waals surface area (Å²) in [4.78, 5) is 20.9. The van der Waals surface area contributed by atoms with Crippen molar-refractivity contribution < 1.29 is 27.5 Å². The van der Waals surface area contributed by atoms with E-state index in [9.17, 15) is 13.2 Å². The molecule has 0 saturated heterocycles. The van der Waals surface area contributed by atoms with Crippen LogP contribution in [0.4, 0.5) is 5.69 Å². The van der Waals surface area contributed by atoms with Crippen molar-refractivity contribution in [3.63, 3.8) is 0 Å². The molecule has 2 heterocycles. The number of halogens is 1. The van der Waals surface area contributed by atoms with Crippen LogP contribution in [0.1, 0.15) is 73.4 Å². The number of oxime groups is 1. The number of nitrogens with two attached hydrogens (primary N) is 1. The molecule has 0 amide bonds. The van der Waals surface area contributed by atoms with Gasteiger partial charge in [-0.25, -0.2) is 18.4 Å². The number of hydrogen-bond acceptors (Lipinski definition) is 8. The second kappa shape index (κ2) is 11.9. The van der Waals surface area contributed by atoms with Gasteiger partial charge in [-0.15, -0.1) is 0 Å². The third-order valence-electron chi connectivity index (χ3n) is 10.0. The molecule has 2 aromatic rings. The number of anilines is 1. The molecule has 11 heteroatoms. The van der Waals surface area contributed by atoms with E-state index in [1.807, 2.05) is 18.2 Å². The van der Waals surface area contributed by atoms with Crippen molar-refractivity contribution >= 4 is 39.0 Å². The summed E-state index contributed by atoms with van der Waals surface area (Å²) in [5.74, 6) is 1.11. The molecule has 43 heavy (non-hydrogen) atoms. The third kappa shape index (κ3) is 6.11. The average Bonchev–Trinajstić information content (AvgIpc) is 3.36. The molecule has 5 atom stereocenters. The molecule has 9 nitrogen and oxygen atoms in total. The van der Waals surface area contributed by atoms with Crippen LogP contribution >= 0.6 is 11.6 Å². The smallest absolute Gasteiger partial charge is 0.337 e. The maximum absolute atomic E-state index is 12.5. The number of carbonyl (C=O) groups is 1. The predicted octanol–water partition coefficient (Wildman–Crippen LogP) is 5.23. The van der Waals surface area contributed by atoms with Gasteiger partial charge in [-0.1, -0.05) is 22.8 Å². The molecular weight excluding hydrogens is 590 g/mol. The van der Waals surface area contributed by atoms with Crippen LogP contribution in [0.25, 0.3) is 0 Å². The number of carbonyl (C=O) groups excluding carboxylic acids is 1. The first-order chi connectivity index (χ1) is 20.6. The Morgan fingerprint density at radius 2 is 2.09 bits per heavy atom. The van der Waals surface area contributed by atoms with Crippen molar-refractivity contribution in [3.05, 3.63) is 58.1 Å². The third-order valence-corrected chi connectivity index (χ3v) is 11.6. The van der Waals surface area contributed by atoms with E-state index in [0.29, 0.717) is 43.3 Å². The van der Waals surface area contributed by atoms with Crippen LogP contribution < -0.4 is 14.8 Å². The first-order valence-electron chi connectivity index (χ1n) is 15.2. The second-order valence-corrected chi connectivity index (χ2v) is 15.1. The second-order valence-electron chi connectivity index (χ2n) is 12.7. The first-order valence-corrected chi connectivity index (χ1v) is 17.2. The number of ether oxygens (including phenoxy) is 2. The number of methoxy groups -OCH3 is 1. The highest BCUT2D eigenvalue weighted by Crippen LogP contribution is 2.47. The summed E-state index contributed by atoms with van der Waals surface area (Å²) in [6, 6.07) is 11.8. The first kappa shape index (κ1) is 30.2. The van der Waals surface area contributed by atoms with Crippen LogP contribution in [-0.2, 0) is 31.4 Å². The lowest BCUT2D eigenvalue weighted by atomic mass is 9.68. The topological polar surface area (TPSA) is 121 Å². The van der Waals surface area contributed by atoms with Crippen LogP contribution in [-0.4, -0.2) is 58.3 Å². The van der Waals surface area contributed by atoms with Gasteiger partial charge in [0, 0.05) is 35.9 Å². The molecular formula is C32H40ClN3O6S. The van der Waals surface area contributed by atoms with Crippen LogP contribution in [0, 0.1) is 11.8 Å². The summed E-state index contributed by atoms with van der Waals surface area (Å²) in [6.45, 7) is 3.75. The Morgan fingerprint density at radius 1 is 1.26 bits per heavy atom.